The summed E-state index contributed by atoms with van der Waals surface area (Å²) in [5.74, 6) is -0.204. The molecule has 1 saturated heterocycles. The molecule has 1 aromatic carbocycles. The molecule has 166 valence electrons. The van der Waals surface area contributed by atoms with Crippen LogP contribution in [0.4, 0.5) is 0 Å². The Morgan fingerprint density at radius 3 is 2.70 bits per heavy atom. The predicted molar refractivity (Wildman–Crippen MR) is 123 cm³/mol. The number of carbonyl (C=O) groups excluding carboxylic acids is 1. The summed E-state index contributed by atoms with van der Waals surface area (Å²) in [4.78, 5) is 24.4. The van der Waals surface area contributed by atoms with Gasteiger partial charge in [-0.2, -0.15) is 10.5 Å². The number of nitrogens with zero attached hydrogens (tertiary/aromatic N) is 5. The Morgan fingerprint density at radius 1 is 1.21 bits per heavy atom. The van der Waals surface area contributed by atoms with E-state index in [0.29, 0.717) is 29.5 Å². The summed E-state index contributed by atoms with van der Waals surface area (Å²) in [5.41, 5.74) is 2.38. The highest BCUT2D eigenvalue weighted by atomic mass is 32.1. The van der Waals surface area contributed by atoms with E-state index in [1.54, 1.807) is 6.07 Å². The lowest BCUT2D eigenvalue weighted by Crippen LogP contribution is -2.38. The van der Waals surface area contributed by atoms with E-state index in [1.165, 1.54) is 23.6 Å². The minimum atomic E-state index is -0.204. The fourth-order valence-corrected chi connectivity index (χ4v) is 4.87. The number of amides is 1. The summed E-state index contributed by atoms with van der Waals surface area (Å²) in [6.07, 6.45) is 4.07. The van der Waals surface area contributed by atoms with Gasteiger partial charge in [0.25, 0.3) is 11.1 Å². The van der Waals surface area contributed by atoms with Crippen LogP contribution >= 0.6 is 11.3 Å². The molecule has 2 atom stereocenters. The van der Waals surface area contributed by atoms with Crippen LogP contribution in [0.5, 0.6) is 5.19 Å². The molecule has 1 N–H and O–H groups in total. The predicted octanol–water partition coefficient (Wildman–Crippen LogP) is 3.27. The fourth-order valence-electron chi connectivity index (χ4n) is 3.88. The van der Waals surface area contributed by atoms with Crippen LogP contribution in [0, 0.1) is 22.7 Å². The van der Waals surface area contributed by atoms with Gasteiger partial charge in [0, 0.05) is 36.4 Å². The zero-order valence-corrected chi connectivity index (χ0v) is 18.9. The summed E-state index contributed by atoms with van der Waals surface area (Å²) in [6.45, 7) is 3.94. The van der Waals surface area contributed by atoms with E-state index in [-0.39, 0.29) is 23.7 Å². The van der Waals surface area contributed by atoms with Crippen molar-refractivity contribution < 1.29 is 9.53 Å². The minimum Gasteiger partial charge on any atom is -0.470 e. The number of pyridine rings is 1. The van der Waals surface area contributed by atoms with E-state index in [2.05, 4.69) is 26.3 Å². The number of rotatable bonds is 7. The van der Waals surface area contributed by atoms with Gasteiger partial charge in [-0.15, -0.1) is 0 Å². The molecule has 0 spiro atoms. The topological polar surface area (TPSA) is 115 Å². The Hall–Kier alpha value is -3.79. The largest absolute Gasteiger partial charge is 0.470 e. The first-order valence-electron chi connectivity index (χ1n) is 10.6. The van der Waals surface area contributed by atoms with E-state index in [1.807, 2.05) is 43.5 Å². The van der Waals surface area contributed by atoms with Crippen molar-refractivity contribution in [2.24, 2.45) is 0 Å². The lowest BCUT2D eigenvalue weighted by Gasteiger charge is -2.27. The van der Waals surface area contributed by atoms with E-state index >= 15 is 0 Å². The highest BCUT2D eigenvalue weighted by Gasteiger charge is 2.32. The lowest BCUT2D eigenvalue weighted by atomic mass is 10.0. The molecule has 2 aromatic heterocycles. The van der Waals surface area contributed by atoms with Crippen LogP contribution in [0.25, 0.3) is 0 Å². The van der Waals surface area contributed by atoms with Crippen LogP contribution in [0.2, 0.25) is 0 Å². The van der Waals surface area contributed by atoms with Gasteiger partial charge < -0.3 is 10.1 Å². The van der Waals surface area contributed by atoms with Crippen molar-refractivity contribution in [3.05, 3.63) is 76.1 Å². The first-order valence-corrected chi connectivity index (χ1v) is 11.4. The number of benzene rings is 1. The van der Waals surface area contributed by atoms with Gasteiger partial charge in [-0.05, 0) is 43.2 Å². The molecule has 9 heteroatoms. The maximum Gasteiger partial charge on any atom is 0.273 e. The third kappa shape index (κ3) is 5.17. The Morgan fingerprint density at radius 2 is 2.03 bits per heavy atom. The second-order valence-electron chi connectivity index (χ2n) is 7.60. The third-order valence-electron chi connectivity index (χ3n) is 5.46. The number of carbonyl (C=O) groups is 1. The number of aromatic nitrogens is 2. The molecule has 1 fully saturated rings. The summed E-state index contributed by atoms with van der Waals surface area (Å²) in [7, 11) is 0. The Labute approximate surface area is 196 Å². The van der Waals surface area contributed by atoms with Crippen LogP contribution in [0.15, 0.2) is 48.8 Å². The van der Waals surface area contributed by atoms with Crippen molar-refractivity contribution in [3.63, 3.8) is 0 Å². The molecule has 3 aromatic rings. The lowest BCUT2D eigenvalue weighted by molar-refractivity contribution is 0.0936. The summed E-state index contributed by atoms with van der Waals surface area (Å²) < 4.78 is 5.57. The maximum absolute atomic E-state index is 12.7. The first kappa shape index (κ1) is 22.4. The smallest absolute Gasteiger partial charge is 0.273 e. The molecule has 1 aliphatic rings. The Bertz CT molecular complexity index is 1190. The summed E-state index contributed by atoms with van der Waals surface area (Å²) in [5, 5.41) is 21.7. The molecule has 1 unspecified atom stereocenters. The number of likely N-dealkylation sites (tertiary alicyclic amines) is 1. The maximum atomic E-state index is 12.7. The fraction of sp³-hybridized carbons (Fsp3) is 0.292. The van der Waals surface area contributed by atoms with Crippen molar-refractivity contribution in [2.75, 3.05) is 19.7 Å². The molecule has 33 heavy (non-hydrogen) atoms. The zero-order chi connectivity index (χ0) is 23.2. The summed E-state index contributed by atoms with van der Waals surface area (Å²) in [6, 6.07) is 14.8. The van der Waals surface area contributed by atoms with E-state index in [9.17, 15) is 4.79 Å². The molecule has 0 radical (unpaired) electrons. The number of nitrogens with one attached hydrogen (secondary N) is 1. The Kier molecular flexibility index (Phi) is 6.94. The van der Waals surface area contributed by atoms with Gasteiger partial charge in [-0.3, -0.25) is 9.69 Å². The van der Waals surface area contributed by atoms with Crippen LogP contribution in [-0.2, 0) is 0 Å². The highest BCUT2D eigenvalue weighted by Crippen LogP contribution is 2.36. The number of thiazole rings is 1. The molecule has 3 heterocycles. The molecule has 1 aliphatic heterocycles. The average Bonchev–Trinajstić information content (AvgIpc) is 3.50. The van der Waals surface area contributed by atoms with Gasteiger partial charge in [0.05, 0.1) is 29.8 Å². The van der Waals surface area contributed by atoms with Gasteiger partial charge in [0.2, 0.25) is 0 Å². The van der Waals surface area contributed by atoms with Crippen molar-refractivity contribution >= 4 is 17.2 Å². The van der Waals surface area contributed by atoms with E-state index in [0.717, 1.165) is 23.4 Å². The number of hydrogen-bond donors (Lipinski definition) is 1. The zero-order valence-electron chi connectivity index (χ0n) is 18.1. The molecule has 0 saturated carbocycles. The van der Waals surface area contributed by atoms with E-state index < -0.39 is 0 Å². The van der Waals surface area contributed by atoms with Gasteiger partial charge in [0.15, 0.2) is 0 Å². The third-order valence-corrected chi connectivity index (χ3v) is 6.42. The number of nitriles is 2. The first-order chi connectivity index (χ1) is 16.1. The average molecular weight is 459 g/mol. The molecular weight excluding hydrogens is 436 g/mol. The minimum absolute atomic E-state index is 0.0201. The molecule has 0 bridgehead atoms. The quantitative estimate of drug-likeness (QED) is 0.578. The van der Waals surface area contributed by atoms with Crippen molar-refractivity contribution in [1.82, 2.24) is 20.2 Å². The Balaban J connectivity index is 1.51. The van der Waals surface area contributed by atoms with Gasteiger partial charge in [-0.1, -0.05) is 23.5 Å². The number of hydrogen-bond acceptors (Lipinski definition) is 8. The van der Waals surface area contributed by atoms with Crippen molar-refractivity contribution in [2.45, 2.75) is 25.4 Å². The molecule has 8 nitrogen and oxygen atoms in total. The highest BCUT2D eigenvalue weighted by molar-refractivity contribution is 7.13. The standard InChI is InChI=1S/C24H22N6O2S/c1-2-32-24-28-14-21(33-24)22(17-5-3-16(11-25)4-6-17)30-10-9-20(15-30)29-23(31)18-7-8-19(12-26)27-13-18/h3-8,13-14,20,22H,2,9-10,15H2,1H3,(H,29,31)/t20?,22-/m1/s1. The monoisotopic (exact) mass is 458 g/mol. The van der Waals surface area contributed by atoms with Gasteiger partial charge in [-0.25, -0.2) is 9.97 Å². The van der Waals surface area contributed by atoms with Gasteiger partial charge in [0.1, 0.15) is 11.8 Å². The molecule has 0 aliphatic carbocycles. The second kappa shape index (κ2) is 10.2. The van der Waals surface area contributed by atoms with Crippen molar-refractivity contribution in [1.29, 1.82) is 10.5 Å². The normalized spacial score (nSPS) is 16.5. The van der Waals surface area contributed by atoms with E-state index in [4.69, 9.17) is 15.3 Å². The SMILES string of the molecule is CCOc1ncc([C@@H](c2ccc(C#N)cc2)N2CCC(NC(=O)c3ccc(C#N)nc3)C2)s1. The number of ether oxygens (including phenoxy) is 1. The van der Waals surface area contributed by atoms with Crippen LogP contribution in [-0.4, -0.2) is 46.5 Å². The second-order valence-corrected chi connectivity index (χ2v) is 8.62. The summed E-state index contributed by atoms with van der Waals surface area (Å²) >= 11 is 1.51. The van der Waals surface area contributed by atoms with Gasteiger partial charge >= 0.3 is 0 Å². The molecular formula is C24H22N6O2S. The molecule has 4 rings (SSSR count). The molecule has 1 amide bonds. The van der Waals surface area contributed by atoms with Crippen LogP contribution in [0.3, 0.4) is 0 Å². The van der Waals surface area contributed by atoms with Crippen LogP contribution in [0.1, 0.15) is 51.4 Å². The van der Waals surface area contributed by atoms with Crippen molar-refractivity contribution in [3.8, 4) is 17.3 Å². The van der Waals surface area contributed by atoms with Crippen LogP contribution < -0.4 is 10.1 Å².